The van der Waals surface area contributed by atoms with Crippen molar-refractivity contribution in [2.45, 2.75) is 56.3 Å². The number of fused-ring (bicyclic) bond motifs is 1. The quantitative estimate of drug-likeness (QED) is 0.109. The van der Waals surface area contributed by atoms with E-state index < -0.39 is 66.2 Å². The van der Waals surface area contributed by atoms with Gasteiger partial charge in [-0.05, 0) is 24.5 Å². The summed E-state index contributed by atoms with van der Waals surface area (Å²) in [6.45, 7) is 0. The second kappa shape index (κ2) is 14.7. The summed E-state index contributed by atoms with van der Waals surface area (Å²) >= 11 is 3.94. The summed E-state index contributed by atoms with van der Waals surface area (Å²) in [6, 6.07) is 1.94. The number of amides is 4. The van der Waals surface area contributed by atoms with E-state index in [0.29, 0.717) is 5.56 Å². The molecule has 1 heterocycles. The maximum absolute atomic E-state index is 13.2. The molecule has 0 aliphatic rings. The zero-order chi connectivity index (χ0) is 29.1. The van der Waals surface area contributed by atoms with Crippen molar-refractivity contribution in [3.8, 4) is 0 Å². The fourth-order valence-corrected chi connectivity index (χ4v) is 3.88. The monoisotopic (exact) mass is 564 g/mol. The molecule has 0 aliphatic carbocycles. The number of thiol groups is 1. The molecule has 2 aromatic rings. The number of aromatic amines is 1. The zero-order valence-electron chi connectivity index (χ0n) is 20.9. The van der Waals surface area contributed by atoms with Crippen LogP contribution in [0.15, 0.2) is 30.5 Å². The predicted molar refractivity (Wildman–Crippen MR) is 143 cm³/mol. The van der Waals surface area contributed by atoms with Gasteiger partial charge in [0.1, 0.15) is 18.1 Å². The highest BCUT2D eigenvalue weighted by Crippen LogP contribution is 2.19. The van der Waals surface area contributed by atoms with Crippen LogP contribution in [0.3, 0.4) is 0 Å². The minimum atomic E-state index is -1.47. The van der Waals surface area contributed by atoms with Crippen molar-refractivity contribution < 1.29 is 39.0 Å². The van der Waals surface area contributed by atoms with Crippen molar-refractivity contribution in [1.29, 1.82) is 0 Å². The maximum Gasteiger partial charge on any atom is 0.326 e. The minimum absolute atomic E-state index is 0.0351. The second-order valence-corrected chi connectivity index (χ2v) is 9.18. The largest absolute Gasteiger partial charge is 0.481 e. The van der Waals surface area contributed by atoms with Gasteiger partial charge in [0, 0.05) is 42.1 Å². The molecule has 39 heavy (non-hydrogen) atoms. The summed E-state index contributed by atoms with van der Waals surface area (Å²) < 4.78 is 0. The molecule has 14 nitrogen and oxygen atoms in total. The second-order valence-electron chi connectivity index (χ2n) is 8.81. The van der Waals surface area contributed by atoms with Gasteiger partial charge < -0.3 is 42.6 Å². The van der Waals surface area contributed by atoms with Crippen molar-refractivity contribution >= 4 is 59.1 Å². The van der Waals surface area contributed by atoms with E-state index >= 15 is 0 Å². The third-order valence-electron chi connectivity index (χ3n) is 5.84. The number of nitrogens with one attached hydrogen (secondary N) is 4. The van der Waals surface area contributed by atoms with Crippen LogP contribution < -0.4 is 27.4 Å². The van der Waals surface area contributed by atoms with E-state index in [9.17, 15) is 33.9 Å². The molecule has 2 rings (SSSR count). The number of nitrogens with two attached hydrogens (primary N) is 2. The highest BCUT2D eigenvalue weighted by atomic mass is 32.1. The lowest BCUT2D eigenvalue weighted by atomic mass is 10.0. The molecule has 0 aliphatic heterocycles. The number of primary amides is 1. The molecule has 4 unspecified atom stereocenters. The van der Waals surface area contributed by atoms with Gasteiger partial charge in [0.05, 0.1) is 6.04 Å². The number of benzene rings is 1. The van der Waals surface area contributed by atoms with E-state index in [1.165, 1.54) is 0 Å². The number of carbonyl (C=O) groups is 6. The number of carboxylic acid groups (broad SMARTS) is 2. The summed E-state index contributed by atoms with van der Waals surface area (Å²) in [7, 11) is 0. The summed E-state index contributed by atoms with van der Waals surface area (Å²) in [5, 5.41) is 26.5. The number of carboxylic acids is 2. The first kappa shape index (κ1) is 31.1. The number of hydrogen-bond donors (Lipinski definition) is 9. The Morgan fingerprint density at radius 2 is 1.46 bits per heavy atom. The fraction of sp³-hybridized carbons (Fsp3) is 0.417. The van der Waals surface area contributed by atoms with Gasteiger partial charge in [0.15, 0.2) is 0 Å². The number of para-hydroxylation sites is 1. The number of hydrogen-bond acceptors (Lipinski definition) is 8. The van der Waals surface area contributed by atoms with E-state index in [4.69, 9.17) is 16.6 Å². The Morgan fingerprint density at radius 3 is 2.08 bits per heavy atom. The van der Waals surface area contributed by atoms with E-state index in [1.54, 1.807) is 30.5 Å². The topological polar surface area (TPSA) is 247 Å². The molecule has 0 spiro atoms. The number of aliphatic carboxylic acids is 2. The van der Waals surface area contributed by atoms with Gasteiger partial charge in [-0.3, -0.25) is 24.0 Å². The third-order valence-corrected chi connectivity index (χ3v) is 6.23. The number of aromatic nitrogens is 1. The molecule has 15 heteroatoms. The molecule has 10 N–H and O–H groups in total. The zero-order valence-corrected chi connectivity index (χ0v) is 21.8. The first-order valence-electron chi connectivity index (χ1n) is 12.0. The summed E-state index contributed by atoms with van der Waals surface area (Å²) in [4.78, 5) is 75.7. The lowest BCUT2D eigenvalue weighted by molar-refractivity contribution is -0.142. The van der Waals surface area contributed by atoms with Crippen LogP contribution in [0, 0.1) is 0 Å². The SMILES string of the molecule is NC(=O)CCC(NC(=O)C(Cc1c[nH]c2ccccc12)NC(=O)C(CCC(=O)O)NC(=O)C(N)CS)C(=O)O. The van der Waals surface area contributed by atoms with Crippen LogP contribution in [-0.4, -0.2) is 80.7 Å². The van der Waals surface area contributed by atoms with E-state index in [0.717, 1.165) is 10.9 Å². The third kappa shape index (κ3) is 9.61. The Hall–Kier alpha value is -4.11. The predicted octanol–water partition coefficient (Wildman–Crippen LogP) is -1.36. The van der Waals surface area contributed by atoms with Crippen molar-refractivity contribution in [3.05, 3.63) is 36.0 Å². The average molecular weight is 565 g/mol. The lowest BCUT2D eigenvalue weighted by Gasteiger charge is -2.25. The summed E-state index contributed by atoms with van der Waals surface area (Å²) in [5.74, 6) is -5.91. The van der Waals surface area contributed by atoms with Crippen molar-refractivity contribution in [1.82, 2.24) is 20.9 Å². The first-order valence-corrected chi connectivity index (χ1v) is 12.6. The molecular weight excluding hydrogens is 532 g/mol. The van der Waals surface area contributed by atoms with E-state index in [1.807, 2.05) is 0 Å². The van der Waals surface area contributed by atoms with Gasteiger partial charge >= 0.3 is 11.9 Å². The summed E-state index contributed by atoms with van der Waals surface area (Å²) in [6.07, 6.45) is 0.203. The lowest BCUT2D eigenvalue weighted by Crippen LogP contribution is -2.57. The Morgan fingerprint density at radius 1 is 0.872 bits per heavy atom. The van der Waals surface area contributed by atoms with Gasteiger partial charge in [0.2, 0.25) is 23.6 Å². The smallest absolute Gasteiger partial charge is 0.326 e. The number of carbonyl (C=O) groups excluding carboxylic acids is 4. The van der Waals surface area contributed by atoms with Crippen LogP contribution in [0.2, 0.25) is 0 Å². The highest BCUT2D eigenvalue weighted by molar-refractivity contribution is 7.80. The van der Waals surface area contributed by atoms with E-state index in [2.05, 4.69) is 33.6 Å². The molecule has 4 amide bonds. The van der Waals surface area contributed by atoms with Gasteiger partial charge in [-0.25, -0.2) is 4.79 Å². The molecule has 212 valence electrons. The summed E-state index contributed by atoms with van der Waals surface area (Å²) in [5.41, 5.74) is 12.1. The first-order chi connectivity index (χ1) is 18.4. The van der Waals surface area contributed by atoms with E-state index in [-0.39, 0.29) is 31.4 Å². The molecular formula is C24H32N6O8S. The average Bonchev–Trinajstić information content (AvgIpc) is 3.29. The van der Waals surface area contributed by atoms with Gasteiger partial charge in [0.25, 0.3) is 0 Å². The minimum Gasteiger partial charge on any atom is -0.481 e. The molecule has 4 atom stereocenters. The normalized spacial score (nSPS) is 14.0. The molecule has 0 radical (unpaired) electrons. The Labute approximate surface area is 228 Å². The molecule has 0 fully saturated rings. The van der Waals surface area contributed by atoms with Crippen LogP contribution >= 0.6 is 12.6 Å². The number of H-pyrrole nitrogens is 1. The number of rotatable bonds is 16. The van der Waals surface area contributed by atoms with Crippen LogP contribution in [0.4, 0.5) is 0 Å². The molecule has 0 saturated heterocycles. The van der Waals surface area contributed by atoms with Crippen LogP contribution in [0.25, 0.3) is 10.9 Å². The van der Waals surface area contributed by atoms with Crippen LogP contribution in [0.1, 0.15) is 31.2 Å². The van der Waals surface area contributed by atoms with Crippen molar-refractivity contribution in [3.63, 3.8) is 0 Å². The Bertz CT molecular complexity index is 1220. The van der Waals surface area contributed by atoms with Crippen LogP contribution in [-0.2, 0) is 35.2 Å². The van der Waals surface area contributed by atoms with Gasteiger partial charge in [-0.2, -0.15) is 12.6 Å². The van der Waals surface area contributed by atoms with Crippen molar-refractivity contribution in [2.75, 3.05) is 5.75 Å². The van der Waals surface area contributed by atoms with Crippen LogP contribution in [0.5, 0.6) is 0 Å². The Kier molecular flexibility index (Phi) is 11.7. The molecule has 1 aromatic carbocycles. The maximum atomic E-state index is 13.2. The Balaban J connectivity index is 2.33. The van der Waals surface area contributed by atoms with Gasteiger partial charge in [-0.15, -0.1) is 0 Å². The standard InChI is InChI=1S/C24H32N6O8S/c25-14(11-39)21(34)28-16(6-8-20(32)33)22(35)30-18(9-12-10-27-15-4-2-1-3-13(12)15)23(36)29-17(24(37)38)5-7-19(26)31/h1-4,10,14,16-18,27,39H,5-9,11,25H2,(H2,26,31)(H,28,34)(H,29,36)(H,30,35)(H,32,33)(H,37,38). The fourth-order valence-electron chi connectivity index (χ4n) is 3.72. The highest BCUT2D eigenvalue weighted by Gasteiger charge is 2.31. The van der Waals surface area contributed by atoms with Crippen molar-refractivity contribution in [2.24, 2.45) is 11.5 Å². The van der Waals surface area contributed by atoms with Gasteiger partial charge in [-0.1, -0.05) is 18.2 Å². The molecule has 0 bridgehead atoms. The molecule has 1 aromatic heterocycles. The molecule has 0 saturated carbocycles.